The summed E-state index contributed by atoms with van der Waals surface area (Å²) in [6, 6.07) is 10.1. The third-order valence-electron chi connectivity index (χ3n) is 3.10. The number of hydrazone groups is 1. The smallest absolute Gasteiger partial charge is 0.272 e. The number of benzene rings is 1. The van der Waals surface area contributed by atoms with E-state index in [0.717, 1.165) is 5.56 Å². The van der Waals surface area contributed by atoms with Gasteiger partial charge in [0.15, 0.2) is 0 Å². The van der Waals surface area contributed by atoms with Gasteiger partial charge in [-0.15, -0.1) is 0 Å². The highest BCUT2D eigenvalue weighted by Gasteiger charge is 2.06. The number of carbonyl (C=O) groups excluding carboxylic acids is 2. The van der Waals surface area contributed by atoms with Crippen LogP contribution in [-0.2, 0) is 4.79 Å². The van der Waals surface area contributed by atoms with Crippen molar-refractivity contribution in [1.82, 2.24) is 10.4 Å². The first-order valence-electron chi connectivity index (χ1n) is 7.30. The van der Waals surface area contributed by atoms with E-state index in [2.05, 4.69) is 15.5 Å². The summed E-state index contributed by atoms with van der Waals surface area (Å²) < 4.78 is 5.01. The molecule has 0 fully saturated rings. The van der Waals surface area contributed by atoms with E-state index in [1.54, 1.807) is 42.6 Å². The van der Waals surface area contributed by atoms with Crippen molar-refractivity contribution in [3.05, 3.63) is 59.9 Å². The van der Waals surface area contributed by atoms with Gasteiger partial charge >= 0.3 is 0 Å². The van der Waals surface area contributed by atoms with Crippen molar-refractivity contribution in [3.8, 4) is 5.75 Å². The molecule has 0 saturated carbocycles. The number of aromatic nitrogens is 1. The number of hydrogen-bond donors (Lipinski definition) is 1. The first kappa shape index (κ1) is 17.1. The molecule has 0 bridgehead atoms. The molecule has 7 heteroatoms. The van der Waals surface area contributed by atoms with Crippen LogP contribution in [0.4, 0.5) is 0 Å². The minimum Gasteiger partial charge on any atom is -0.546 e. The molecule has 0 saturated heterocycles. The number of carbonyl (C=O) groups is 2. The molecule has 0 aliphatic carbocycles. The maximum absolute atomic E-state index is 12.0. The summed E-state index contributed by atoms with van der Waals surface area (Å²) in [5, 5.41) is 14.5. The van der Waals surface area contributed by atoms with Crippen molar-refractivity contribution in [1.29, 1.82) is 0 Å². The minimum absolute atomic E-state index is 0.344. The second-order valence-corrected chi connectivity index (χ2v) is 4.78. The molecule has 0 unspecified atom stereocenters. The van der Waals surface area contributed by atoms with Crippen molar-refractivity contribution in [3.63, 3.8) is 0 Å². The maximum atomic E-state index is 12.0. The normalized spacial score (nSPS) is 11.0. The summed E-state index contributed by atoms with van der Waals surface area (Å²) in [7, 11) is 0. The summed E-state index contributed by atoms with van der Waals surface area (Å²) >= 11 is 0. The Morgan fingerprint density at radius 2 is 1.96 bits per heavy atom. The zero-order valence-corrected chi connectivity index (χ0v) is 13.1. The average Bonchev–Trinajstić information content (AvgIpc) is 2.62. The number of aliphatic carboxylic acids is 1. The Balaban J connectivity index is 2.04. The van der Waals surface area contributed by atoms with Crippen LogP contribution in [0.1, 0.15) is 29.3 Å². The van der Waals surface area contributed by atoms with Gasteiger partial charge < -0.3 is 14.6 Å². The second-order valence-electron chi connectivity index (χ2n) is 4.78. The van der Waals surface area contributed by atoms with Crippen LogP contribution in [0.2, 0.25) is 0 Å². The fraction of sp³-hybridized carbons (Fsp3) is 0.176. The number of ether oxygens (including phenoxy) is 1. The van der Waals surface area contributed by atoms with Crippen LogP contribution in [0.3, 0.4) is 0 Å². The highest BCUT2D eigenvalue weighted by Crippen LogP contribution is 2.13. The lowest BCUT2D eigenvalue weighted by atomic mass is 10.1. The van der Waals surface area contributed by atoms with Gasteiger partial charge in [-0.2, -0.15) is 5.10 Å². The molecular formula is C17H16N3O4-. The Kier molecular flexibility index (Phi) is 6.01. The molecule has 0 atom stereocenters. The zero-order chi connectivity index (χ0) is 17.4. The van der Waals surface area contributed by atoms with Gasteiger partial charge in [-0.1, -0.05) is 6.92 Å². The SMILES string of the molecule is CC/C(=N/NC(=O)c1cccnc1)c1ccc(OCC(=O)[O-])cc1. The van der Waals surface area contributed by atoms with E-state index in [0.29, 0.717) is 23.4 Å². The Hall–Kier alpha value is -3.22. The van der Waals surface area contributed by atoms with E-state index >= 15 is 0 Å². The molecule has 0 aliphatic rings. The molecule has 0 radical (unpaired) electrons. The molecule has 1 amide bonds. The lowest BCUT2D eigenvalue weighted by Gasteiger charge is -2.09. The molecule has 0 spiro atoms. The molecule has 1 aromatic carbocycles. The van der Waals surface area contributed by atoms with Crippen LogP contribution in [-0.4, -0.2) is 29.2 Å². The summed E-state index contributed by atoms with van der Waals surface area (Å²) in [6.07, 6.45) is 3.65. The van der Waals surface area contributed by atoms with Gasteiger partial charge in [0.1, 0.15) is 12.4 Å². The van der Waals surface area contributed by atoms with Gasteiger partial charge in [-0.3, -0.25) is 9.78 Å². The highest BCUT2D eigenvalue weighted by atomic mass is 16.5. The van der Waals surface area contributed by atoms with Crippen molar-refractivity contribution < 1.29 is 19.4 Å². The molecule has 1 N–H and O–H groups in total. The lowest BCUT2D eigenvalue weighted by molar-refractivity contribution is -0.307. The fourth-order valence-corrected chi connectivity index (χ4v) is 1.91. The largest absolute Gasteiger partial charge is 0.546 e. The number of carboxylic acids is 1. The predicted octanol–water partition coefficient (Wildman–Crippen LogP) is 0.754. The molecule has 7 nitrogen and oxygen atoms in total. The first-order chi connectivity index (χ1) is 11.6. The number of nitrogens with zero attached hydrogens (tertiary/aromatic N) is 2. The van der Waals surface area contributed by atoms with Gasteiger partial charge in [0, 0.05) is 12.4 Å². The number of hydrogen-bond acceptors (Lipinski definition) is 6. The molecule has 2 rings (SSSR count). The van der Waals surface area contributed by atoms with Gasteiger partial charge in [0.2, 0.25) is 0 Å². The molecular weight excluding hydrogens is 310 g/mol. The Morgan fingerprint density at radius 3 is 2.54 bits per heavy atom. The monoisotopic (exact) mass is 326 g/mol. The van der Waals surface area contributed by atoms with Crippen LogP contribution in [0, 0.1) is 0 Å². The van der Waals surface area contributed by atoms with E-state index in [1.165, 1.54) is 6.20 Å². The summed E-state index contributed by atoms with van der Waals surface area (Å²) in [5.74, 6) is -1.21. The van der Waals surface area contributed by atoms with Crippen LogP contribution >= 0.6 is 0 Å². The standard InChI is InChI=1S/C17H17N3O4/c1-2-15(19-20-17(23)13-4-3-9-18-10-13)12-5-7-14(8-6-12)24-11-16(21)22/h3-10H,2,11H2,1H3,(H,20,23)(H,21,22)/p-1/b19-15-. The number of carboxylic acid groups (broad SMARTS) is 1. The predicted molar refractivity (Wildman–Crippen MR) is 85.5 cm³/mol. The summed E-state index contributed by atoms with van der Waals surface area (Å²) in [6.45, 7) is 1.41. The molecule has 24 heavy (non-hydrogen) atoms. The second kappa shape index (κ2) is 8.42. The molecule has 1 aromatic heterocycles. The van der Waals surface area contributed by atoms with Gasteiger partial charge in [-0.25, -0.2) is 5.43 Å². The van der Waals surface area contributed by atoms with Crippen LogP contribution in [0.25, 0.3) is 0 Å². The third kappa shape index (κ3) is 4.91. The topological polar surface area (TPSA) is 104 Å². The van der Waals surface area contributed by atoms with Gasteiger partial charge in [0.05, 0.1) is 17.2 Å². The number of pyridine rings is 1. The molecule has 1 heterocycles. The minimum atomic E-state index is -1.28. The first-order valence-corrected chi connectivity index (χ1v) is 7.30. The van der Waals surface area contributed by atoms with Gasteiger partial charge in [0.25, 0.3) is 5.91 Å². The Bertz CT molecular complexity index is 727. The quantitative estimate of drug-likeness (QED) is 0.597. The van der Waals surface area contributed by atoms with Crippen LogP contribution in [0.5, 0.6) is 5.75 Å². The Labute approximate surface area is 139 Å². The van der Waals surface area contributed by atoms with Crippen molar-refractivity contribution in [2.45, 2.75) is 13.3 Å². The summed E-state index contributed by atoms with van der Waals surface area (Å²) in [5.41, 5.74) is 4.39. The molecule has 2 aromatic rings. The highest BCUT2D eigenvalue weighted by molar-refractivity contribution is 6.02. The van der Waals surface area contributed by atoms with Crippen molar-refractivity contribution >= 4 is 17.6 Å². The van der Waals surface area contributed by atoms with E-state index in [1.807, 2.05) is 6.92 Å². The fourth-order valence-electron chi connectivity index (χ4n) is 1.91. The average molecular weight is 326 g/mol. The molecule has 124 valence electrons. The lowest BCUT2D eigenvalue weighted by Crippen LogP contribution is -2.28. The van der Waals surface area contributed by atoms with Crippen molar-refractivity contribution in [2.24, 2.45) is 5.10 Å². The number of nitrogens with one attached hydrogen (secondary N) is 1. The van der Waals surface area contributed by atoms with Crippen LogP contribution in [0.15, 0.2) is 53.9 Å². The van der Waals surface area contributed by atoms with E-state index < -0.39 is 12.6 Å². The van der Waals surface area contributed by atoms with Gasteiger partial charge in [-0.05, 0) is 48.4 Å². The summed E-state index contributed by atoms with van der Waals surface area (Å²) in [4.78, 5) is 26.2. The molecule has 0 aliphatic heterocycles. The van der Waals surface area contributed by atoms with E-state index in [4.69, 9.17) is 4.74 Å². The number of rotatable bonds is 7. The third-order valence-corrected chi connectivity index (χ3v) is 3.10. The van der Waals surface area contributed by atoms with E-state index in [-0.39, 0.29) is 5.91 Å². The maximum Gasteiger partial charge on any atom is 0.272 e. The Morgan fingerprint density at radius 1 is 1.21 bits per heavy atom. The number of amides is 1. The van der Waals surface area contributed by atoms with Crippen molar-refractivity contribution in [2.75, 3.05) is 6.61 Å². The zero-order valence-electron chi connectivity index (χ0n) is 13.1. The van der Waals surface area contributed by atoms with E-state index in [9.17, 15) is 14.7 Å². The van der Waals surface area contributed by atoms with Crippen LogP contribution < -0.4 is 15.3 Å².